The molecule has 0 aliphatic carbocycles. The molecule has 0 bridgehead atoms. The molecule has 6 heteroatoms. The van der Waals surface area contributed by atoms with E-state index in [1.165, 1.54) is 11.8 Å². The zero-order valence-electron chi connectivity index (χ0n) is 11.6. The van der Waals surface area contributed by atoms with Crippen LogP contribution in [0.15, 0.2) is 34.7 Å². The van der Waals surface area contributed by atoms with E-state index in [1.54, 1.807) is 12.5 Å². The smallest absolute Gasteiger partial charge is 0.133 e. The van der Waals surface area contributed by atoms with Crippen molar-refractivity contribution in [3.05, 3.63) is 35.2 Å². The Bertz CT molecular complexity index is 577. The highest BCUT2D eigenvalue weighted by atomic mass is 35.5. The predicted molar refractivity (Wildman–Crippen MR) is 83.6 cm³/mol. The standard InChI is InChI=1S/C14H17ClN4S/c1-3-6-10-12(16-4-2)18-9-19-13(10)20-14-11(15)7-5-8-17-14/h5,7-9H,3-4,6H2,1-2H3,(H,16,18,19). The van der Waals surface area contributed by atoms with Gasteiger partial charge in [-0.05, 0) is 37.2 Å². The summed E-state index contributed by atoms with van der Waals surface area (Å²) >= 11 is 7.65. The van der Waals surface area contributed by atoms with Crippen LogP contribution in [-0.4, -0.2) is 21.5 Å². The number of halogens is 1. The van der Waals surface area contributed by atoms with Crippen LogP contribution < -0.4 is 5.32 Å². The van der Waals surface area contributed by atoms with Crippen LogP contribution in [0.4, 0.5) is 5.82 Å². The molecule has 1 N–H and O–H groups in total. The topological polar surface area (TPSA) is 50.7 Å². The van der Waals surface area contributed by atoms with Gasteiger partial charge in [-0.2, -0.15) is 0 Å². The van der Waals surface area contributed by atoms with Crippen molar-refractivity contribution in [1.82, 2.24) is 15.0 Å². The fraction of sp³-hybridized carbons (Fsp3) is 0.357. The lowest BCUT2D eigenvalue weighted by atomic mass is 10.2. The lowest BCUT2D eigenvalue weighted by molar-refractivity contribution is 0.854. The van der Waals surface area contributed by atoms with Gasteiger partial charge < -0.3 is 5.32 Å². The van der Waals surface area contributed by atoms with Crippen molar-refractivity contribution in [3.63, 3.8) is 0 Å². The van der Waals surface area contributed by atoms with E-state index in [9.17, 15) is 0 Å². The number of hydrogen-bond donors (Lipinski definition) is 1. The summed E-state index contributed by atoms with van der Waals surface area (Å²) in [6.07, 6.45) is 5.28. The third-order valence-electron chi connectivity index (χ3n) is 2.67. The molecule has 0 unspecified atom stereocenters. The molecule has 0 radical (unpaired) electrons. The molecule has 0 aliphatic heterocycles. The Balaban J connectivity index is 2.35. The third kappa shape index (κ3) is 3.61. The zero-order chi connectivity index (χ0) is 14.4. The molecule has 2 rings (SSSR count). The van der Waals surface area contributed by atoms with Gasteiger partial charge in [0.05, 0.1) is 5.02 Å². The number of nitrogens with zero attached hydrogens (tertiary/aromatic N) is 3. The summed E-state index contributed by atoms with van der Waals surface area (Å²) in [5.41, 5.74) is 1.13. The van der Waals surface area contributed by atoms with Crippen LogP contribution in [0.25, 0.3) is 0 Å². The largest absolute Gasteiger partial charge is 0.370 e. The molecule has 0 aliphatic rings. The van der Waals surface area contributed by atoms with Gasteiger partial charge in [0, 0.05) is 18.3 Å². The first-order valence-corrected chi connectivity index (χ1v) is 7.81. The van der Waals surface area contributed by atoms with Gasteiger partial charge in [0.1, 0.15) is 22.2 Å². The van der Waals surface area contributed by atoms with Crippen LogP contribution in [0.3, 0.4) is 0 Å². The Labute approximate surface area is 128 Å². The molecule has 2 aromatic rings. The van der Waals surface area contributed by atoms with Crippen molar-refractivity contribution >= 4 is 29.2 Å². The highest BCUT2D eigenvalue weighted by Gasteiger charge is 2.13. The number of pyridine rings is 1. The Morgan fingerprint density at radius 1 is 1.20 bits per heavy atom. The second kappa shape index (κ2) is 7.45. The van der Waals surface area contributed by atoms with Gasteiger partial charge in [-0.15, -0.1) is 0 Å². The first-order chi connectivity index (χ1) is 9.76. The molecular weight excluding hydrogens is 292 g/mol. The molecule has 0 fully saturated rings. The summed E-state index contributed by atoms with van der Waals surface area (Å²) in [5, 5.41) is 5.61. The minimum absolute atomic E-state index is 0.642. The van der Waals surface area contributed by atoms with Gasteiger partial charge in [0.15, 0.2) is 0 Å². The SMILES string of the molecule is CCCc1c(NCC)ncnc1Sc1ncccc1Cl. The van der Waals surface area contributed by atoms with E-state index in [0.717, 1.165) is 40.8 Å². The summed E-state index contributed by atoms with van der Waals surface area (Å²) in [4.78, 5) is 13.0. The van der Waals surface area contributed by atoms with Gasteiger partial charge in [-0.3, -0.25) is 0 Å². The summed E-state index contributed by atoms with van der Waals surface area (Å²) in [5.74, 6) is 0.902. The number of anilines is 1. The summed E-state index contributed by atoms with van der Waals surface area (Å²) in [7, 11) is 0. The number of rotatable bonds is 6. The fourth-order valence-electron chi connectivity index (χ4n) is 1.82. The van der Waals surface area contributed by atoms with Gasteiger partial charge in [0.25, 0.3) is 0 Å². The minimum atomic E-state index is 0.642. The Hall–Kier alpha value is -1.33. The second-order valence-electron chi connectivity index (χ2n) is 4.18. The lowest BCUT2D eigenvalue weighted by Gasteiger charge is -2.12. The Morgan fingerprint density at radius 2 is 2.05 bits per heavy atom. The van der Waals surface area contributed by atoms with Crippen molar-refractivity contribution < 1.29 is 0 Å². The molecule has 0 spiro atoms. The molecule has 0 saturated heterocycles. The molecule has 4 nitrogen and oxygen atoms in total. The summed E-state index contributed by atoms with van der Waals surface area (Å²) in [6.45, 7) is 5.04. The average molecular weight is 309 g/mol. The normalized spacial score (nSPS) is 10.6. The van der Waals surface area contributed by atoms with Crippen LogP contribution >= 0.6 is 23.4 Å². The first-order valence-electron chi connectivity index (χ1n) is 6.62. The molecule has 0 saturated carbocycles. The van der Waals surface area contributed by atoms with Gasteiger partial charge in [-0.25, -0.2) is 15.0 Å². The van der Waals surface area contributed by atoms with Gasteiger partial charge in [-0.1, -0.05) is 24.9 Å². The predicted octanol–water partition coefficient (Wildman–Crippen LogP) is 4.06. The van der Waals surface area contributed by atoms with Gasteiger partial charge in [0.2, 0.25) is 0 Å². The molecule has 2 heterocycles. The molecule has 0 aromatic carbocycles. The van der Waals surface area contributed by atoms with E-state index in [0.29, 0.717) is 5.02 Å². The van der Waals surface area contributed by atoms with Crippen molar-refractivity contribution in [1.29, 1.82) is 0 Å². The maximum atomic E-state index is 6.16. The highest BCUT2D eigenvalue weighted by molar-refractivity contribution is 7.99. The fourth-order valence-corrected chi connectivity index (χ4v) is 2.94. The number of hydrogen-bond acceptors (Lipinski definition) is 5. The molecule has 20 heavy (non-hydrogen) atoms. The van der Waals surface area contributed by atoms with E-state index < -0.39 is 0 Å². The summed E-state index contributed by atoms with van der Waals surface area (Å²) < 4.78 is 0. The summed E-state index contributed by atoms with van der Waals surface area (Å²) in [6, 6.07) is 3.66. The van der Waals surface area contributed by atoms with Crippen molar-refractivity contribution in [2.24, 2.45) is 0 Å². The molecule has 0 atom stereocenters. The molecule has 0 amide bonds. The Kier molecular flexibility index (Phi) is 5.61. The monoisotopic (exact) mass is 308 g/mol. The molecule has 2 aromatic heterocycles. The van der Waals surface area contributed by atoms with Crippen LogP contribution in [0, 0.1) is 0 Å². The van der Waals surface area contributed by atoms with Crippen LogP contribution in [0.5, 0.6) is 0 Å². The first kappa shape index (κ1) is 15.1. The number of aromatic nitrogens is 3. The number of nitrogens with one attached hydrogen (secondary N) is 1. The van der Waals surface area contributed by atoms with Gasteiger partial charge >= 0.3 is 0 Å². The lowest BCUT2D eigenvalue weighted by Crippen LogP contribution is -2.06. The zero-order valence-corrected chi connectivity index (χ0v) is 13.1. The average Bonchev–Trinajstić information content (AvgIpc) is 2.45. The Morgan fingerprint density at radius 3 is 2.75 bits per heavy atom. The molecule has 106 valence electrons. The highest BCUT2D eigenvalue weighted by Crippen LogP contribution is 2.34. The van der Waals surface area contributed by atoms with E-state index in [1.807, 2.05) is 12.1 Å². The van der Waals surface area contributed by atoms with E-state index in [-0.39, 0.29) is 0 Å². The van der Waals surface area contributed by atoms with E-state index >= 15 is 0 Å². The third-order valence-corrected chi connectivity index (χ3v) is 4.15. The van der Waals surface area contributed by atoms with Crippen LogP contribution in [0.1, 0.15) is 25.8 Å². The van der Waals surface area contributed by atoms with Crippen molar-refractivity contribution in [2.45, 2.75) is 36.7 Å². The van der Waals surface area contributed by atoms with Crippen molar-refractivity contribution in [2.75, 3.05) is 11.9 Å². The van der Waals surface area contributed by atoms with E-state index in [4.69, 9.17) is 11.6 Å². The maximum absolute atomic E-state index is 6.16. The second-order valence-corrected chi connectivity index (χ2v) is 5.56. The van der Waals surface area contributed by atoms with E-state index in [2.05, 4.69) is 34.1 Å². The quantitative estimate of drug-likeness (QED) is 0.816. The van der Waals surface area contributed by atoms with Crippen LogP contribution in [0.2, 0.25) is 5.02 Å². The molecular formula is C14H17ClN4S. The maximum Gasteiger partial charge on any atom is 0.133 e. The van der Waals surface area contributed by atoms with Crippen LogP contribution in [-0.2, 0) is 6.42 Å². The minimum Gasteiger partial charge on any atom is -0.370 e. The van der Waals surface area contributed by atoms with Crippen molar-refractivity contribution in [3.8, 4) is 0 Å².